The summed E-state index contributed by atoms with van der Waals surface area (Å²) >= 11 is 0. The molecule has 0 atom stereocenters. The molecule has 0 unspecified atom stereocenters. The highest BCUT2D eigenvalue weighted by molar-refractivity contribution is 5.60. The molecule has 0 aromatic heterocycles. The number of hydrogen-bond donors (Lipinski definition) is 2. The molecule has 0 aliphatic carbocycles. The van der Waals surface area contributed by atoms with Gasteiger partial charge >= 0.3 is 0 Å². The Bertz CT molecular complexity index is 412. The molecule has 5 heteroatoms. The van der Waals surface area contributed by atoms with Crippen molar-refractivity contribution in [1.29, 1.82) is 0 Å². The molecular formula is C14H23N3O2. The van der Waals surface area contributed by atoms with Gasteiger partial charge in [0.1, 0.15) is 5.75 Å². The van der Waals surface area contributed by atoms with Gasteiger partial charge in [0.25, 0.3) is 0 Å². The fourth-order valence-corrected chi connectivity index (χ4v) is 2.50. The summed E-state index contributed by atoms with van der Waals surface area (Å²) in [7, 11) is 1.66. The van der Waals surface area contributed by atoms with Crippen LogP contribution in [0.4, 0.5) is 11.4 Å². The van der Waals surface area contributed by atoms with Gasteiger partial charge < -0.3 is 20.5 Å². The van der Waals surface area contributed by atoms with Crippen molar-refractivity contribution < 1.29 is 9.84 Å². The van der Waals surface area contributed by atoms with Crippen molar-refractivity contribution >= 4 is 11.4 Å². The first kappa shape index (κ1) is 14.0. The minimum Gasteiger partial charge on any atom is -0.497 e. The summed E-state index contributed by atoms with van der Waals surface area (Å²) in [6, 6.07) is 5.85. The smallest absolute Gasteiger partial charge is 0.122 e. The molecule has 5 nitrogen and oxygen atoms in total. The Morgan fingerprint density at radius 3 is 2.79 bits per heavy atom. The molecular weight excluding hydrogens is 242 g/mol. The number of hydrogen-bond acceptors (Lipinski definition) is 5. The number of nitrogens with two attached hydrogens (primary N) is 1. The molecule has 0 saturated carbocycles. The van der Waals surface area contributed by atoms with Gasteiger partial charge in [-0.3, -0.25) is 4.90 Å². The molecule has 1 aliphatic rings. The molecule has 1 heterocycles. The number of ether oxygens (including phenoxy) is 1. The minimum atomic E-state index is 0.228. The Morgan fingerprint density at radius 2 is 2.05 bits per heavy atom. The third kappa shape index (κ3) is 3.75. The van der Waals surface area contributed by atoms with E-state index in [1.165, 1.54) is 0 Å². The van der Waals surface area contributed by atoms with Crippen LogP contribution in [0.3, 0.4) is 0 Å². The van der Waals surface area contributed by atoms with Gasteiger partial charge in [0.05, 0.1) is 13.7 Å². The molecule has 0 spiro atoms. The van der Waals surface area contributed by atoms with E-state index in [2.05, 4.69) is 9.80 Å². The SMILES string of the molecule is COc1cc(N)cc(N2CCCN(CCO)CC2)c1. The fraction of sp³-hybridized carbons (Fsp3) is 0.571. The number of aliphatic hydroxyl groups excluding tert-OH is 1. The predicted molar refractivity (Wildman–Crippen MR) is 77.8 cm³/mol. The standard InChI is InChI=1S/C14H23N3O2/c1-19-14-10-12(15)9-13(11-14)17-4-2-3-16(5-6-17)7-8-18/h9-11,18H,2-8,15H2,1H3. The highest BCUT2D eigenvalue weighted by Crippen LogP contribution is 2.26. The summed E-state index contributed by atoms with van der Waals surface area (Å²) in [5.74, 6) is 0.798. The van der Waals surface area contributed by atoms with Crippen LogP contribution in [0, 0.1) is 0 Å². The van der Waals surface area contributed by atoms with Gasteiger partial charge in [-0.05, 0) is 19.0 Å². The van der Waals surface area contributed by atoms with Crippen LogP contribution in [-0.2, 0) is 0 Å². The quantitative estimate of drug-likeness (QED) is 0.788. The van der Waals surface area contributed by atoms with Crippen LogP contribution >= 0.6 is 0 Å². The molecule has 0 radical (unpaired) electrons. The third-order valence-corrected chi connectivity index (χ3v) is 3.52. The maximum Gasteiger partial charge on any atom is 0.122 e. The van der Waals surface area contributed by atoms with Crippen LogP contribution in [0.5, 0.6) is 5.75 Å². The van der Waals surface area contributed by atoms with Crippen LogP contribution < -0.4 is 15.4 Å². The third-order valence-electron chi connectivity index (χ3n) is 3.52. The lowest BCUT2D eigenvalue weighted by atomic mass is 10.2. The average Bonchev–Trinajstić information content (AvgIpc) is 2.64. The Balaban J connectivity index is 2.07. The Labute approximate surface area is 114 Å². The lowest BCUT2D eigenvalue weighted by molar-refractivity contribution is 0.204. The lowest BCUT2D eigenvalue weighted by Crippen LogP contribution is -2.32. The summed E-state index contributed by atoms with van der Waals surface area (Å²) in [5, 5.41) is 9.01. The second-order valence-corrected chi connectivity index (χ2v) is 4.87. The van der Waals surface area contributed by atoms with Crippen LogP contribution in [0.25, 0.3) is 0 Å². The van der Waals surface area contributed by atoms with Gasteiger partial charge in [-0.15, -0.1) is 0 Å². The van der Waals surface area contributed by atoms with Crippen LogP contribution in [-0.4, -0.2) is 56.4 Å². The normalized spacial score (nSPS) is 17.3. The number of benzene rings is 1. The lowest BCUT2D eigenvalue weighted by Gasteiger charge is -2.24. The number of anilines is 2. The number of β-amino-alcohol motifs (C(OH)–C–C–N with tert-alkyl or cyclic N) is 1. The Hall–Kier alpha value is -1.46. The van der Waals surface area contributed by atoms with Crippen molar-refractivity contribution in [2.45, 2.75) is 6.42 Å². The van der Waals surface area contributed by atoms with E-state index in [0.717, 1.165) is 56.3 Å². The van der Waals surface area contributed by atoms with Gasteiger partial charge in [-0.1, -0.05) is 0 Å². The maximum atomic E-state index is 9.01. The van der Waals surface area contributed by atoms with Crippen molar-refractivity contribution in [2.24, 2.45) is 0 Å². The van der Waals surface area contributed by atoms with E-state index >= 15 is 0 Å². The van der Waals surface area contributed by atoms with E-state index in [-0.39, 0.29) is 6.61 Å². The molecule has 106 valence electrons. The summed E-state index contributed by atoms with van der Waals surface area (Å²) in [6.07, 6.45) is 1.09. The Kier molecular flexibility index (Phi) is 4.87. The Morgan fingerprint density at radius 1 is 1.21 bits per heavy atom. The van der Waals surface area contributed by atoms with Crippen LogP contribution in [0.1, 0.15) is 6.42 Å². The molecule has 0 bridgehead atoms. The van der Waals surface area contributed by atoms with E-state index in [9.17, 15) is 0 Å². The highest BCUT2D eigenvalue weighted by Gasteiger charge is 2.15. The van der Waals surface area contributed by atoms with Gasteiger partial charge in [-0.2, -0.15) is 0 Å². The van der Waals surface area contributed by atoms with Crippen molar-refractivity contribution in [1.82, 2.24) is 4.90 Å². The molecule has 19 heavy (non-hydrogen) atoms. The zero-order valence-corrected chi connectivity index (χ0v) is 11.5. The first-order valence-electron chi connectivity index (χ1n) is 6.75. The summed E-state index contributed by atoms with van der Waals surface area (Å²) in [4.78, 5) is 4.62. The molecule has 1 aromatic rings. The van der Waals surface area contributed by atoms with Crippen LogP contribution in [0.15, 0.2) is 18.2 Å². The number of rotatable bonds is 4. The molecule has 1 aliphatic heterocycles. The van der Waals surface area contributed by atoms with Gasteiger partial charge in [0.2, 0.25) is 0 Å². The van der Waals surface area contributed by atoms with E-state index in [1.807, 2.05) is 18.2 Å². The monoisotopic (exact) mass is 265 g/mol. The summed E-state index contributed by atoms with van der Waals surface area (Å²) < 4.78 is 5.27. The van der Waals surface area contributed by atoms with E-state index in [0.29, 0.717) is 0 Å². The molecule has 1 fully saturated rings. The second kappa shape index (κ2) is 6.63. The van der Waals surface area contributed by atoms with Gasteiger partial charge in [-0.25, -0.2) is 0 Å². The highest BCUT2D eigenvalue weighted by atomic mass is 16.5. The largest absolute Gasteiger partial charge is 0.497 e. The predicted octanol–water partition coefficient (Wildman–Crippen LogP) is 0.782. The van der Waals surface area contributed by atoms with Crippen LogP contribution in [0.2, 0.25) is 0 Å². The number of aliphatic hydroxyl groups is 1. The minimum absolute atomic E-state index is 0.228. The first-order chi connectivity index (χ1) is 9.22. The number of methoxy groups -OCH3 is 1. The maximum absolute atomic E-state index is 9.01. The topological polar surface area (TPSA) is 62.0 Å². The molecule has 1 saturated heterocycles. The van der Waals surface area contributed by atoms with E-state index < -0.39 is 0 Å². The molecule has 3 N–H and O–H groups in total. The van der Waals surface area contributed by atoms with E-state index in [1.54, 1.807) is 7.11 Å². The molecule has 1 aromatic carbocycles. The van der Waals surface area contributed by atoms with Crippen molar-refractivity contribution in [3.63, 3.8) is 0 Å². The number of nitrogens with zero attached hydrogens (tertiary/aromatic N) is 2. The first-order valence-corrected chi connectivity index (χ1v) is 6.75. The van der Waals surface area contributed by atoms with Gasteiger partial charge in [0.15, 0.2) is 0 Å². The fourth-order valence-electron chi connectivity index (χ4n) is 2.50. The molecule has 0 amide bonds. The second-order valence-electron chi connectivity index (χ2n) is 4.87. The average molecular weight is 265 g/mol. The van der Waals surface area contributed by atoms with Crippen molar-refractivity contribution in [3.05, 3.63) is 18.2 Å². The molecule has 2 rings (SSSR count). The summed E-state index contributed by atoms with van der Waals surface area (Å²) in [5.41, 5.74) is 7.75. The number of nitrogen functional groups attached to an aromatic ring is 1. The van der Waals surface area contributed by atoms with E-state index in [4.69, 9.17) is 15.6 Å². The van der Waals surface area contributed by atoms with Crippen molar-refractivity contribution in [2.75, 3.05) is 57.1 Å². The van der Waals surface area contributed by atoms with Crippen molar-refractivity contribution in [3.8, 4) is 5.75 Å². The summed E-state index contributed by atoms with van der Waals surface area (Å²) in [6.45, 7) is 4.95. The zero-order valence-electron chi connectivity index (χ0n) is 11.5. The zero-order chi connectivity index (χ0) is 13.7. The van der Waals surface area contributed by atoms with Gasteiger partial charge in [0, 0.05) is 49.7 Å².